The lowest BCUT2D eigenvalue weighted by atomic mass is 10.0. The third kappa shape index (κ3) is 3.42. The number of thiophene rings is 1. The van der Waals surface area contributed by atoms with Crippen molar-refractivity contribution in [2.45, 2.75) is 37.6 Å². The summed E-state index contributed by atoms with van der Waals surface area (Å²) in [5.41, 5.74) is 6.21. The molecule has 1 saturated heterocycles. The molecule has 2 N–H and O–H groups in total. The molecule has 5 heteroatoms. The maximum atomic E-state index is 6.21. The van der Waals surface area contributed by atoms with Crippen molar-refractivity contribution in [3.05, 3.63) is 21.3 Å². The molecule has 18 heavy (non-hydrogen) atoms. The van der Waals surface area contributed by atoms with Gasteiger partial charge in [0.15, 0.2) is 0 Å². The first-order valence-corrected chi connectivity index (χ1v) is 8.46. The summed E-state index contributed by atoms with van der Waals surface area (Å²) in [6, 6.07) is 4.51. The van der Waals surface area contributed by atoms with E-state index < -0.39 is 0 Å². The first-order valence-electron chi connectivity index (χ1n) is 6.28. The standard InChI is InChI=1S/C13H21ClN2S2/c1-9(15)12(10-4-5-11(14)18-10)16-6-7-17-13(2,3)8-16/h4-5,9,12H,6-8,15H2,1-3H3. The van der Waals surface area contributed by atoms with E-state index in [4.69, 9.17) is 17.3 Å². The minimum absolute atomic E-state index is 0.124. The van der Waals surface area contributed by atoms with Gasteiger partial charge in [0, 0.05) is 34.5 Å². The second-order valence-electron chi connectivity index (χ2n) is 5.52. The van der Waals surface area contributed by atoms with E-state index in [1.54, 1.807) is 11.3 Å². The lowest BCUT2D eigenvalue weighted by molar-refractivity contribution is 0.171. The van der Waals surface area contributed by atoms with Crippen LogP contribution in [0.15, 0.2) is 12.1 Å². The summed E-state index contributed by atoms with van der Waals surface area (Å²) in [6.07, 6.45) is 0. The van der Waals surface area contributed by atoms with Crippen LogP contribution in [-0.2, 0) is 0 Å². The number of nitrogens with two attached hydrogens (primary N) is 1. The molecule has 1 fully saturated rings. The Morgan fingerprint density at radius 2 is 2.17 bits per heavy atom. The van der Waals surface area contributed by atoms with Gasteiger partial charge >= 0.3 is 0 Å². The third-order valence-electron chi connectivity index (χ3n) is 3.23. The van der Waals surface area contributed by atoms with Crippen molar-refractivity contribution in [3.63, 3.8) is 0 Å². The van der Waals surface area contributed by atoms with Crippen LogP contribution in [0.3, 0.4) is 0 Å². The summed E-state index contributed by atoms with van der Waals surface area (Å²) in [5, 5.41) is 0. The summed E-state index contributed by atoms with van der Waals surface area (Å²) in [7, 11) is 0. The highest BCUT2D eigenvalue weighted by atomic mass is 35.5. The summed E-state index contributed by atoms with van der Waals surface area (Å²) < 4.78 is 1.16. The first kappa shape index (κ1) is 14.7. The van der Waals surface area contributed by atoms with E-state index in [1.807, 2.05) is 17.8 Å². The molecule has 1 aromatic rings. The second kappa shape index (κ2) is 5.71. The van der Waals surface area contributed by atoms with Gasteiger partial charge in [-0.05, 0) is 32.9 Å². The van der Waals surface area contributed by atoms with Gasteiger partial charge in [-0.2, -0.15) is 11.8 Å². The van der Waals surface area contributed by atoms with Crippen LogP contribution >= 0.6 is 34.7 Å². The molecule has 0 aromatic carbocycles. The molecule has 1 aromatic heterocycles. The molecule has 2 nitrogen and oxygen atoms in total. The maximum Gasteiger partial charge on any atom is 0.0931 e. The van der Waals surface area contributed by atoms with Crippen LogP contribution in [0.25, 0.3) is 0 Å². The summed E-state index contributed by atoms with van der Waals surface area (Å²) in [5.74, 6) is 1.18. The van der Waals surface area contributed by atoms with Gasteiger partial charge in [-0.25, -0.2) is 0 Å². The average molecular weight is 305 g/mol. The largest absolute Gasteiger partial charge is 0.326 e. The Morgan fingerprint density at radius 3 is 2.67 bits per heavy atom. The Bertz CT molecular complexity index is 403. The van der Waals surface area contributed by atoms with Crippen molar-refractivity contribution < 1.29 is 0 Å². The third-order valence-corrected chi connectivity index (χ3v) is 5.83. The van der Waals surface area contributed by atoms with E-state index in [2.05, 4.69) is 31.7 Å². The number of nitrogens with zero attached hydrogens (tertiary/aromatic N) is 1. The van der Waals surface area contributed by atoms with Crippen LogP contribution in [0.1, 0.15) is 31.7 Å². The van der Waals surface area contributed by atoms with Crippen molar-refractivity contribution in [1.82, 2.24) is 4.90 Å². The van der Waals surface area contributed by atoms with Gasteiger partial charge in [-0.1, -0.05) is 11.6 Å². The molecule has 0 saturated carbocycles. The molecular formula is C13H21ClN2S2. The minimum Gasteiger partial charge on any atom is -0.326 e. The van der Waals surface area contributed by atoms with Crippen LogP contribution in [0.4, 0.5) is 0 Å². The van der Waals surface area contributed by atoms with Gasteiger partial charge in [0.1, 0.15) is 0 Å². The summed E-state index contributed by atoms with van der Waals surface area (Å²) in [4.78, 5) is 3.81. The van der Waals surface area contributed by atoms with Crippen molar-refractivity contribution >= 4 is 34.7 Å². The van der Waals surface area contributed by atoms with E-state index in [-0.39, 0.29) is 6.04 Å². The molecule has 0 bridgehead atoms. The zero-order chi connectivity index (χ0) is 13.3. The van der Waals surface area contributed by atoms with Crippen molar-refractivity contribution in [2.75, 3.05) is 18.8 Å². The van der Waals surface area contributed by atoms with Crippen LogP contribution < -0.4 is 5.73 Å². The SMILES string of the molecule is CC(N)C(c1ccc(Cl)s1)N1CCSC(C)(C)C1. The molecule has 0 amide bonds. The lowest BCUT2D eigenvalue weighted by Crippen LogP contribution is -2.48. The highest BCUT2D eigenvalue weighted by Crippen LogP contribution is 2.37. The van der Waals surface area contributed by atoms with Crippen molar-refractivity contribution in [3.8, 4) is 0 Å². The molecule has 102 valence electrons. The molecule has 2 unspecified atom stereocenters. The van der Waals surface area contributed by atoms with Crippen LogP contribution in [0.5, 0.6) is 0 Å². The number of rotatable bonds is 3. The minimum atomic E-state index is 0.124. The second-order valence-corrected chi connectivity index (χ2v) is 9.07. The van der Waals surface area contributed by atoms with Crippen LogP contribution in [-0.4, -0.2) is 34.5 Å². The number of thioether (sulfide) groups is 1. The predicted molar refractivity (Wildman–Crippen MR) is 83.8 cm³/mol. The van der Waals surface area contributed by atoms with Crippen LogP contribution in [0.2, 0.25) is 4.34 Å². The Balaban J connectivity index is 2.20. The van der Waals surface area contributed by atoms with E-state index in [1.165, 1.54) is 10.6 Å². The molecule has 1 aliphatic rings. The first-order chi connectivity index (χ1) is 8.39. The fourth-order valence-corrected chi connectivity index (χ4v) is 5.00. The normalized spacial score (nSPS) is 23.8. The van der Waals surface area contributed by atoms with E-state index in [0.29, 0.717) is 10.8 Å². The highest BCUT2D eigenvalue weighted by Gasteiger charge is 2.33. The monoisotopic (exact) mass is 304 g/mol. The van der Waals surface area contributed by atoms with Crippen molar-refractivity contribution in [1.29, 1.82) is 0 Å². The van der Waals surface area contributed by atoms with Gasteiger partial charge < -0.3 is 5.73 Å². The molecule has 2 rings (SSSR count). The highest BCUT2D eigenvalue weighted by molar-refractivity contribution is 8.00. The number of hydrogen-bond acceptors (Lipinski definition) is 4. The van der Waals surface area contributed by atoms with Gasteiger partial charge in [0.2, 0.25) is 0 Å². The van der Waals surface area contributed by atoms with Gasteiger partial charge in [-0.15, -0.1) is 11.3 Å². The topological polar surface area (TPSA) is 29.3 Å². The Kier molecular flexibility index (Phi) is 4.66. The maximum absolute atomic E-state index is 6.21. The smallest absolute Gasteiger partial charge is 0.0931 e. The van der Waals surface area contributed by atoms with Crippen molar-refractivity contribution in [2.24, 2.45) is 5.73 Å². The quantitative estimate of drug-likeness (QED) is 0.925. The lowest BCUT2D eigenvalue weighted by Gasteiger charge is -2.42. The zero-order valence-corrected chi connectivity index (χ0v) is 13.5. The summed E-state index contributed by atoms with van der Waals surface area (Å²) >= 11 is 9.76. The average Bonchev–Trinajstić information content (AvgIpc) is 2.63. The molecule has 2 heterocycles. The predicted octanol–water partition coefficient (Wildman–Crippen LogP) is 3.62. The van der Waals surface area contributed by atoms with Gasteiger partial charge in [-0.3, -0.25) is 4.90 Å². The van der Waals surface area contributed by atoms with E-state index >= 15 is 0 Å². The molecule has 2 atom stereocenters. The molecular weight excluding hydrogens is 284 g/mol. The fraction of sp³-hybridized carbons (Fsp3) is 0.692. The Morgan fingerprint density at radius 1 is 1.44 bits per heavy atom. The fourth-order valence-electron chi connectivity index (χ4n) is 2.55. The summed E-state index contributed by atoms with van der Waals surface area (Å²) in [6.45, 7) is 8.90. The van der Waals surface area contributed by atoms with Gasteiger partial charge in [0.25, 0.3) is 0 Å². The number of hydrogen-bond donors (Lipinski definition) is 1. The van der Waals surface area contributed by atoms with E-state index in [0.717, 1.165) is 17.4 Å². The molecule has 0 aliphatic carbocycles. The molecule has 0 spiro atoms. The Hall–Kier alpha value is 0.260. The Labute approximate surface area is 123 Å². The van der Waals surface area contributed by atoms with Gasteiger partial charge in [0.05, 0.1) is 10.4 Å². The van der Waals surface area contributed by atoms with E-state index in [9.17, 15) is 0 Å². The number of halogens is 1. The zero-order valence-electron chi connectivity index (χ0n) is 11.1. The molecule has 1 aliphatic heterocycles. The molecule has 0 radical (unpaired) electrons. The van der Waals surface area contributed by atoms with Crippen LogP contribution in [0, 0.1) is 0 Å².